The second-order valence-corrected chi connectivity index (χ2v) is 6.00. The molecule has 0 aromatic heterocycles. The Morgan fingerprint density at radius 1 is 1.58 bits per heavy atom. The molecule has 0 aliphatic heterocycles. The summed E-state index contributed by atoms with van der Waals surface area (Å²) in [5.41, 5.74) is 5.25. The Balaban J connectivity index is 2.64. The standard InChI is InChI=1S/C15H28N2O2/c1-6-8-9-10-17(5)13(18)15(16)11-12(19-7-2)14(15,3)4/h6,12H,1,7-11,16H2,2-5H3. The van der Waals surface area contributed by atoms with E-state index in [9.17, 15) is 4.79 Å². The van der Waals surface area contributed by atoms with Gasteiger partial charge in [0, 0.05) is 32.0 Å². The summed E-state index contributed by atoms with van der Waals surface area (Å²) in [5, 5.41) is 0. The molecule has 1 amide bonds. The fraction of sp³-hybridized carbons (Fsp3) is 0.800. The molecule has 0 spiro atoms. The molecule has 1 aliphatic carbocycles. The van der Waals surface area contributed by atoms with Gasteiger partial charge in [-0.25, -0.2) is 0 Å². The van der Waals surface area contributed by atoms with E-state index < -0.39 is 5.54 Å². The van der Waals surface area contributed by atoms with Gasteiger partial charge in [-0.1, -0.05) is 19.9 Å². The third-order valence-electron chi connectivity index (χ3n) is 4.46. The van der Waals surface area contributed by atoms with E-state index in [2.05, 4.69) is 6.58 Å². The van der Waals surface area contributed by atoms with Gasteiger partial charge in [0.25, 0.3) is 0 Å². The van der Waals surface area contributed by atoms with Crippen molar-refractivity contribution in [3.05, 3.63) is 12.7 Å². The number of carbonyl (C=O) groups is 1. The highest BCUT2D eigenvalue weighted by atomic mass is 16.5. The molecular formula is C15H28N2O2. The molecule has 110 valence electrons. The Morgan fingerprint density at radius 2 is 2.21 bits per heavy atom. The van der Waals surface area contributed by atoms with Crippen LogP contribution in [0.5, 0.6) is 0 Å². The largest absolute Gasteiger partial charge is 0.378 e. The molecule has 2 N–H and O–H groups in total. The number of unbranched alkanes of at least 4 members (excludes halogenated alkanes) is 1. The summed E-state index contributed by atoms with van der Waals surface area (Å²) >= 11 is 0. The Morgan fingerprint density at radius 3 is 2.68 bits per heavy atom. The maximum atomic E-state index is 12.5. The number of ether oxygens (including phenoxy) is 1. The van der Waals surface area contributed by atoms with Crippen LogP contribution in [0.25, 0.3) is 0 Å². The first-order valence-corrected chi connectivity index (χ1v) is 7.08. The molecule has 0 bridgehead atoms. The van der Waals surface area contributed by atoms with E-state index in [0.717, 1.165) is 19.4 Å². The van der Waals surface area contributed by atoms with Crippen LogP contribution >= 0.6 is 0 Å². The number of hydrogen-bond donors (Lipinski definition) is 1. The molecule has 0 heterocycles. The van der Waals surface area contributed by atoms with Gasteiger partial charge < -0.3 is 15.4 Å². The van der Waals surface area contributed by atoms with Gasteiger partial charge in [-0.2, -0.15) is 0 Å². The average Bonchev–Trinajstić information content (AvgIpc) is 2.37. The first-order chi connectivity index (χ1) is 8.81. The van der Waals surface area contributed by atoms with Crippen LogP contribution in [-0.2, 0) is 9.53 Å². The first kappa shape index (κ1) is 16.2. The number of rotatable bonds is 7. The van der Waals surface area contributed by atoms with Crippen LogP contribution in [0, 0.1) is 5.41 Å². The van der Waals surface area contributed by atoms with Gasteiger partial charge in [0.1, 0.15) is 5.54 Å². The van der Waals surface area contributed by atoms with E-state index in [-0.39, 0.29) is 17.4 Å². The van der Waals surface area contributed by atoms with Crippen LogP contribution in [0.2, 0.25) is 0 Å². The van der Waals surface area contributed by atoms with E-state index in [1.165, 1.54) is 0 Å². The maximum absolute atomic E-state index is 12.5. The van der Waals surface area contributed by atoms with E-state index in [1.807, 2.05) is 33.9 Å². The fourth-order valence-corrected chi connectivity index (χ4v) is 2.71. The minimum Gasteiger partial charge on any atom is -0.378 e. The quantitative estimate of drug-likeness (QED) is 0.567. The number of likely N-dealkylation sites (N-methyl/N-ethyl adjacent to an activating group) is 1. The predicted octanol–water partition coefficient (Wildman–Crippen LogP) is 1.94. The highest BCUT2D eigenvalue weighted by Gasteiger charge is 2.63. The van der Waals surface area contributed by atoms with Gasteiger partial charge in [-0.3, -0.25) is 4.79 Å². The number of nitrogens with two attached hydrogens (primary N) is 1. The third kappa shape index (κ3) is 2.84. The Bertz CT molecular complexity index is 341. The summed E-state index contributed by atoms with van der Waals surface area (Å²) in [5.74, 6) is 0.0255. The van der Waals surface area contributed by atoms with E-state index in [0.29, 0.717) is 13.0 Å². The molecule has 1 saturated carbocycles. The van der Waals surface area contributed by atoms with Gasteiger partial charge >= 0.3 is 0 Å². The van der Waals surface area contributed by atoms with Crippen molar-refractivity contribution in [2.24, 2.45) is 11.1 Å². The predicted molar refractivity (Wildman–Crippen MR) is 77.8 cm³/mol. The summed E-state index contributed by atoms with van der Waals surface area (Å²) in [4.78, 5) is 14.3. The van der Waals surface area contributed by atoms with Crippen molar-refractivity contribution in [2.75, 3.05) is 20.2 Å². The molecule has 0 saturated heterocycles. The van der Waals surface area contributed by atoms with E-state index in [1.54, 1.807) is 4.90 Å². The van der Waals surface area contributed by atoms with E-state index in [4.69, 9.17) is 10.5 Å². The zero-order chi connectivity index (χ0) is 14.7. The second-order valence-electron chi connectivity index (χ2n) is 6.00. The average molecular weight is 268 g/mol. The minimum atomic E-state index is -0.796. The van der Waals surface area contributed by atoms with Crippen molar-refractivity contribution >= 4 is 5.91 Å². The molecule has 1 aliphatic rings. The van der Waals surface area contributed by atoms with Crippen molar-refractivity contribution in [1.29, 1.82) is 0 Å². The van der Waals surface area contributed by atoms with Gasteiger partial charge in [0.05, 0.1) is 6.10 Å². The van der Waals surface area contributed by atoms with Gasteiger partial charge in [-0.15, -0.1) is 6.58 Å². The molecule has 0 aromatic rings. The topological polar surface area (TPSA) is 55.6 Å². The number of allylic oxidation sites excluding steroid dienone is 1. The van der Waals surface area contributed by atoms with E-state index >= 15 is 0 Å². The van der Waals surface area contributed by atoms with Crippen molar-refractivity contribution in [3.63, 3.8) is 0 Å². The maximum Gasteiger partial charge on any atom is 0.243 e. The SMILES string of the molecule is C=CCCCN(C)C(=O)C1(N)CC(OCC)C1(C)C. The molecule has 4 nitrogen and oxygen atoms in total. The normalized spacial score (nSPS) is 28.6. The first-order valence-electron chi connectivity index (χ1n) is 7.08. The van der Waals surface area contributed by atoms with Crippen LogP contribution in [0.1, 0.15) is 40.0 Å². The smallest absolute Gasteiger partial charge is 0.243 e. The molecule has 2 atom stereocenters. The van der Waals surface area contributed by atoms with Crippen molar-refractivity contribution in [3.8, 4) is 0 Å². The zero-order valence-corrected chi connectivity index (χ0v) is 12.7. The summed E-state index contributed by atoms with van der Waals surface area (Å²) in [6, 6.07) is 0. The summed E-state index contributed by atoms with van der Waals surface area (Å²) in [6.45, 7) is 11.1. The van der Waals surface area contributed by atoms with Crippen LogP contribution in [0.15, 0.2) is 12.7 Å². The van der Waals surface area contributed by atoms with Gasteiger partial charge in [-0.05, 0) is 19.8 Å². The highest BCUT2D eigenvalue weighted by Crippen LogP contribution is 2.50. The summed E-state index contributed by atoms with van der Waals surface area (Å²) in [6.07, 6.45) is 4.40. The number of nitrogens with zero attached hydrogens (tertiary/aromatic N) is 1. The Labute approximate surface area is 117 Å². The lowest BCUT2D eigenvalue weighted by Crippen LogP contribution is -2.75. The lowest BCUT2D eigenvalue weighted by molar-refractivity contribution is -0.178. The number of amides is 1. The summed E-state index contributed by atoms with van der Waals surface area (Å²) in [7, 11) is 1.82. The lowest BCUT2D eigenvalue weighted by atomic mass is 9.54. The van der Waals surface area contributed by atoms with Crippen molar-refractivity contribution < 1.29 is 9.53 Å². The molecule has 0 aromatic carbocycles. The van der Waals surface area contributed by atoms with Crippen LogP contribution < -0.4 is 5.73 Å². The second kappa shape index (κ2) is 6.06. The van der Waals surface area contributed by atoms with Crippen LogP contribution in [0.4, 0.5) is 0 Å². The minimum absolute atomic E-state index is 0.0255. The molecule has 19 heavy (non-hydrogen) atoms. The highest BCUT2D eigenvalue weighted by molar-refractivity contribution is 5.88. The van der Waals surface area contributed by atoms with Gasteiger partial charge in [0.2, 0.25) is 5.91 Å². The third-order valence-corrected chi connectivity index (χ3v) is 4.46. The van der Waals surface area contributed by atoms with Crippen LogP contribution in [-0.4, -0.2) is 42.6 Å². The summed E-state index contributed by atoms with van der Waals surface area (Å²) < 4.78 is 5.65. The molecule has 1 rings (SSSR count). The molecule has 1 fully saturated rings. The molecule has 4 heteroatoms. The Hall–Kier alpha value is -0.870. The molecular weight excluding hydrogens is 240 g/mol. The fourth-order valence-electron chi connectivity index (χ4n) is 2.71. The number of hydrogen-bond acceptors (Lipinski definition) is 3. The molecule has 2 unspecified atom stereocenters. The van der Waals surface area contributed by atoms with Crippen LogP contribution in [0.3, 0.4) is 0 Å². The Kier molecular flexibility index (Phi) is 5.16. The lowest BCUT2D eigenvalue weighted by Gasteiger charge is -2.58. The number of carbonyl (C=O) groups excluding carboxylic acids is 1. The zero-order valence-electron chi connectivity index (χ0n) is 12.7. The van der Waals surface area contributed by atoms with Crippen molar-refractivity contribution in [1.82, 2.24) is 4.90 Å². The molecule has 0 radical (unpaired) electrons. The monoisotopic (exact) mass is 268 g/mol. The van der Waals surface area contributed by atoms with Gasteiger partial charge in [0.15, 0.2) is 0 Å². The van der Waals surface area contributed by atoms with Crippen molar-refractivity contribution in [2.45, 2.75) is 51.7 Å².